The van der Waals surface area contributed by atoms with Gasteiger partial charge in [0.15, 0.2) is 0 Å². The summed E-state index contributed by atoms with van der Waals surface area (Å²) in [4.78, 5) is 12.4. The lowest BCUT2D eigenvalue weighted by molar-refractivity contribution is 0.00254. The SMILES string of the molecule is COCc1ccccc1NC(=O)N[C@@H]1CCO[C@@H](c2ccccc2)C1. The Morgan fingerprint density at radius 3 is 2.72 bits per heavy atom. The summed E-state index contributed by atoms with van der Waals surface area (Å²) in [5.74, 6) is 0. The molecule has 2 N–H and O–H groups in total. The lowest BCUT2D eigenvalue weighted by atomic mass is 9.97. The number of ether oxygens (including phenoxy) is 2. The maximum absolute atomic E-state index is 12.4. The molecule has 0 radical (unpaired) electrons. The first-order chi connectivity index (χ1) is 12.3. The van der Waals surface area contributed by atoms with Gasteiger partial charge in [-0.25, -0.2) is 4.79 Å². The van der Waals surface area contributed by atoms with E-state index >= 15 is 0 Å². The standard InChI is InChI=1S/C20H24N2O3/c1-24-14-16-9-5-6-10-18(16)22-20(23)21-17-11-12-25-19(13-17)15-7-3-2-4-8-15/h2-10,17,19H,11-14H2,1H3,(H2,21,22,23)/t17-,19-/m1/s1. The second-order valence-electron chi connectivity index (χ2n) is 6.18. The molecule has 25 heavy (non-hydrogen) atoms. The minimum absolute atomic E-state index is 0.0287. The Morgan fingerprint density at radius 1 is 1.16 bits per heavy atom. The van der Waals surface area contributed by atoms with Gasteiger partial charge in [-0.2, -0.15) is 0 Å². The van der Waals surface area contributed by atoms with Crippen LogP contribution in [0.25, 0.3) is 0 Å². The van der Waals surface area contributed by atoms with Crippen molar-refractivity contribution >= 4 is 11.7 Å². The molecule has 1 aliphatic heterocycles. The first-order valence-corrected chi connectivity index (χ1v) is 8.57. The number of urea groups is 1. The van der Waals surface area contributed by atoms with Crippen LogP contribution in [0.5, 0.6) is 0 Å². The Morgan fingerprint density at radius 2 is 1.92 bits per heavy atom. The highest BCUT2D eigenvalue weighted by molar-refractivity contribution is 5.90. The molecule has 2 amide bonds. The molecule has 5 heteroatoms. The molecule has 0 bridgehead atoms. The monoisotopic (exact) mass is 340 g/mol. The van der Waals surface area contributed by atoms with Gasteiger partial charge in [0.2, 0.25) is 0 Å². The molecule has 1 saturated heterocycles. The highest BCUT2D eigenvalue weighted by Crippen LogP contribution is 2.28. The second kappa shape index (κ2) is 8.65. The summed E-state index contributed by atoms with van der Waals surface area (Å²) in [7, 11) is 1.64. The smallest absolute Gasteiger partial charge is 0.319 e. The van der Waals surface area contributed by atoms with E-state index in [9.17, 15) is 4.79 Å². The number of amides is 2. The largest absolute Gasteiger partial charge is 0.380 e. The molecule has 2 aromatic carbocycles. The van der Waals surface area contributed by atoms with Crippen molar-refractivity contribution in [3.63, 3.8) is 0 Å². The van der Waals surface area contributed by atoms with Gasteiger partial charge >= 0.3 is 6.03 Å². The fourth-order valence-corrected chi connectivity index (χ4v) is 3.10. The van der Waals surface area contributed by atoms with E-state index in [0.717, 1.165) is 29.7 Å². The van der Waals surface area contributed by atoms with Crippen molar-refractivity contribution in [2.45, 2.75) is 31.6 Å². The first-order valence-electron chi connectivity index (χ1n) is 8.57. The summed E-state index contributed by atoms with van der Waals surface area (Å²) >= 11 is 0. The first kappa shape index (κ1) is 17.5. The van der Waals surface area contributed by atoms with Crippen LogP contribution in [0, 0.1) is 0 Å². The van der Waals surface area contributed by atoms with Crippen molar-refractivity contribution in [3.8, 4) is 0 Å². The maximum atomic E-state index is 12.4. The van der Waals surface area contributed by atoms with E-state index in [1.54, 1.807) is 7.11 Å². The van der Waals surface area contributed by atoms with Crippen LogP contribution in [0.4, 0.5) is 10.5 Å². The summed E-state index contributed by atoms with van der Waals surface area (Å²) in [5.41, 5.74) is 2.88. The number of carbonyl (C=O) groups excluding carboxylic acids is 1. The molecular formula is C20H24N2O3. The minimum Gasteiger partial charge on any atom is -0.380 e. The number of benzene rings is 2. The molecule has 2 aromatic rings. The van der Waals surface area contributed by atoms with E-state index < -0.39 is 0 Å². The minimum atomic E-state index is -0.192. The third-order valence-corrected chi connectivity index (χ3v) is 4.36. The molecule has 132 valence electrons. The van der Waals surface area contributed by atoms with Gasteiger partial charge in [-0.1, -0.05) is 48.5 Å². The Kier molecular flexibility index (Phi) is 6.04. The van der Waals surface area contributed by atoms with Gasteiger partial charge in [0.1, 0.15) is 0 Å². The van der Waals surface area contributed by atoms with Crippen LogP contribution < -0.4 is 10.6 Å². The van der Waals surface area contributed by atoms with Gasteiger partial charge in [0, 0.05) is 31.0 Å². The van der Waals surface area contributed by atoms with Crippen LogP contribution in [0.15, 0.2) is 54.6 Å². The number of rotatable bonds is 5. The summed E-state index contributed by atoms with van der Waals surface area (Å²) < 4.78 is 11.0. The third kappa shape index (κ3) is 4.81. The zero-order valence-electron chi connectivity index (χ0n) is 14.4. The average molecular weight is 340 g/mol. The van der Waals surface area contributed by atoms with Gasteiger partial charge in [0.05, 0.1) is 12.7 Å². The molecule has 0 saturated carbocycles. The molecule has 0 unspecified atom stereocenters. The van der Waals surface area contributed by atoms with Crippen LogP contribution in [0.2, 0.25) is 0 Å². The Bertz CT molecular complexity index is 690. The lowest BCUT2D eigenvalue weighted by Crippen LogP contribution is -2.42. The van der Waals surface area contributed by atoms with Crippen molar-refractivity contribution in [2.24, 2.45) is 0 Å². The summed E-state index contributed by atoms with van der Waals surface area (Å²) in [6.07, 6.45) is 1.62. The number of carbonyl (C=O) groups is 1. The second-order valence-corrected chi connectivity index (χ2v) is 6.18. The van der Waals surface area contributed by atoms with Crippen molar-refractivity contribution < 1.29 is 14.3 Å². The van der Waals surface area contributed by atoms with Crippen molar-refractivity contribution in [2.75, 3.05) is 19.0 Å². The third-order valence-electron chi connectivity index (χ3n) is 4.36. The molecular weight excluding hydrogens is 316 g/mol. The zero-order chi connectivity index (χ0) is 17.5. The highest BCUT2D eigenvalue weighted by atomic mass is 16.5. The van der Waals surface area contributed by atoms with Gasteiger partial charge in [0.25, 0.3) is 0 Å². The van der Waals surface area contributed by atoms with Crippen LogP contribution >= 0.6 is 0 Å². The molecule has 0 spiro atoms. The van der Waals surface area contributed by atoms with E-state index in [-0.39, 0.29) is 18.2 Å². The Labute approximate surface area is 148 Å². The Balaban J connectivity index is 1.58. The zero-order valence-corrected chi connectivity index (χ0v) is 14.4. The molecule has 1 aliphatic rings. The average Bonchev–Trinajstić information content (AvgIpc) is 2.64. The highest BCUT2D eigenvalue weighted by Gasteiger charge is 2.25. The van der Waals surface area contributed by atoms with Gasteiger partial charge in [-0.3, -0.25) is 0 Å². The predicted molar refractivity (Wildman–Crippen MR) is 97.5 cm³/mol. The molecule has 5 nitrogen and oxygen atoms in total. The molecule has 3 rings (SSSR count). The van der Waals surface area contributed by atoms with E-state index in [0.29, 0.717) is 13.2 Å². The fraction of sp³-hybridized carbons (Fsp3) is 0.350. The van der Waals surface area contributed by atoms with Crippen molar-refractivity contribution in [1.82, 2.24) is 5.32 Å². The van der Waals surface area contributed by atoms with Crippen molar-refractivity contribution in [3.05, 3.63) is 65.7 Å². The predicted octanol–water partition coefficient (Wildman–Crippen LogP) is 3.87. The fourth-order valence-electron chi connectivity index (χ4n) is 3.10. The number of methoxy groups -OCH3 is 1. The summed E-state index contributed by atoms with van der Waals surface area (Å²) in [6, 6.07) is 17.7. The lowest BCUT2D eigenvalue weighted by Gasteiger charge is -2.30. The van der Waals surface area contributed by atoms with E-state index in [1.165, 1.54) is 0 Å². The number of para-hydroxylation sites is 1. The number of hydrogen-bond donors (Lipinski definition) is 2. The molecule has 0 aromatic heterocycles. The molecule has 2 atom stereocenters. The topological polar surface area (TPSA) is 59.6 Å². The van der Waals surface area contributed by atoms with Crippen LogP contribution in [0.3, 0.4) is 0 Å². The van der Waals surface area contributed by atoms with Crippen LogP contribution in [-0.4, -0.2) is 25.8 Å². The molecule has 1 heterocycles. The van der Waals surface area contributed by atoms with Gasteiger partial charge in [-0.05, 0) is 24.5 Å². The van der Waals surface area contributed by atoms with Crippen LogP contribution in [-0.2, 0) is 16.1 Å². The summed E-state index contributed by atoms with van der Waals surface area (Å²) in [5, 5.41) is 5.99. The summed E-state index contributed by atoms with van der Waals surface area (Å²) in [6.45, 7) is 1.11. The number of hydrogen-bond acceptors (Lipinski definition) is 3. The van der Waals surface area contributed by atoms with Gasteiger partial charge < -0.3 is 20.1 Å². The molecule has 1 fully saturated rings. The number of anilines is 1. The normalized spacial score (nSPS) is 20.0. The molecule has 0 aliphatic carbocycles. The van der Waals surface area contributed by atoms with E-state index in [1.807, 2.05) is 42.5 Å². The van der Waals surface area contributed by atoms with Gasteiger partial charge in [-0.15, -0.1) is 0 Å². The quantitative estimate of drug-likeness (QED) is 0.868. The van der Waals surface area contributed by atoms with Crippen LogP contribution in [0.1, 0.15) is 30.1 Å². The number of nitrogens with one attached hydrogen (secondary N) is 2. The van der Waals surface area contributed by atoms with E-state index in [2.05, 4.69) is 22.8 Å². The van der Waals surface area contributed by atoms with Crippen molar-refractivity contribution in [1.29, 1.82) is 0 Å². The Hall–Kier alpha value is -2.37. The van der Waals surface area contributed by atoms with E-state index in [4.69, 9.17) is 9.47 Å². The maximum Gasteiger partial charge on any atom is 0.319 e.